The van der Waals surface area contributed by atoms with Gasteiger partial charge in [0, 0.05) is 52.4 Å². The highest BCUT2D eigenvalue weighted by molar-refractivity contribution is 5.80. The Kier molecular flexibility index (Phi) is 6.06. The van der Waals surface area contributed by atoms with Crippen LogP contribution in [-0.4, -0.2) is 60.7 Å². The summed E-state index contributed by atoms with van der Waals surface area (Å²) in [5.41, 5.74) is 3.73. The summed E-state index contributed by atoms with van der Waals surface area (Å²) in [6.45, 7) is 7.87. The van der Waals surface area contributed by atoms with E-state index < -0.39 is 0 Å². The number of guanidine groups is 1. The van der Waals surface area contributed by atoms with Crippen LogP contribution in [0.5, 0.6) is 0 Å². The molecule has 0 spiro atoms. The Morgan fingerprint density at radius 2 is 2.00 bits per heavy atom. The maximum atomic E-state index is 4.91. The average molecular weight is 341 g/mol. The molecule has 25 heavy (non-hydrogen) atoms. The minimum absolute atomic E-state index is 0.851. The highest BCUT2D eigenvalue weighted by Gasteiger charge is 2.20. The van der Waals surface area contributed by atoms with Crippen LogP contribution in [0.1, 0.15) is 16.8 Å². The molecule has 1 aliphatic rings. The molecule has 0 aliphatic carbocycles. The van der Waals surface area contributed by atoms with Crippen LogP contribution in [0.25, 0.3) is 0 Å². The fraction of sp³-hybridized carbons (Fsp3) is 0.474. The second-order valence-corrected chi connectivity index (χ2v) is 6.40. The van der Waals surface area contributed by atoms with Gasteiger partial charge in [-0.05, 0) is 24.5 Å². The number of aromatic nitrogens is 1. The minimum atomic E-state index is 0.851. The van der Waals surface area contributed by atoms with E-state index in [-0.39, 0.29) is 0 Å². The molecule has 0 unspecified atom stereocenters. The predicted molar refractivity (Wildman–Crippen MR) is 99.6 cm³/mol. The molecule has 6 heteroatoms. The van der Waals surface area contributed by atoms with E-state index in [0.29, 0.717) is 0 Å². The number of piperazine rings is 1. The molecular formula is C19H27N5O. The zero-order chi connectivity index (χ0) is 17.5. The summed E-state index contributed by atoms with van der Waals surface area (Å²) < 4.78 is 4.91. The average Bonchev–Trinajstić information content (AvgIpc) is 3.14. The van der Waals surface area contributed by atoms with E-state index in [2.05, 4.69) is 56.5 Å². The SMILES string of the molecule is CN=C(NCCc1ccccc1C)N1CCN(Cc2ccon2)CC1. The largest absolute Gasteiger partial charge is 0.364 e. The van der Waals surface area contributed by atoms with Gasteiger partial charge in [0.25, 0.3) is 0 Å². The van der Waals surface area contributed by atoms with Gasteiger partial charge in [-0.15, -0.1) is 0 Å². The standard InChI is InChI=1S/C19H27N5O/c1-16-5-3-4-6-17(16)7-9-21-19(20-2)24-12-10-23(11-13-24)15-18-8-14-25-22-18/h3-6,8,14H,7,9-13,15H2,1-2H3,(H,20,21). The van der Waals surface area contributed by atoms with Gasteiger partial charge in [0.05, 0.1) is 5.69 Å². The van der Waals surface area contributed by atoms with E-state index in [9.17, 15) is 0 Å². The van der Waals surface area contributed by atoms with Crippen LogP contribution >= 0.6 is 0 Å². The molecule has 6 nitrogen and oxygen atoms in total. The molecule has 0 atom stereocenters. The lowest BCUT2D eigenvalue weighted by atomic mass is 10.1. The molecule has 2 aromatic rings. The third-order valence-electron chi connectivity index (χ3n) is 4.70. The van der Waals surface area contributed by atoms with Gasteiger partial charge in [-0.2, -0.15) is 0 Å². The highest BCUT2D eigenvalue weighted by atomic mass is 16.5. The summed E-state index contributed by atoms with van der Waals surface area (Å²) in [6.07, 6.45) is 2.64. The summed E-state index contributed by atoms with van der Waals surface area (Å²) in [5, 5.41) is 7.50. The first-order chi connectivity index (χ1) is 12.3. The number of nitrogens with zero attached hydrogens (tertiary/aromatic N) is 4. The van der Waals surface area contributed by atoms with Crippen molar-refractivity contribution in [1.82, 2.24) is 20.3 Å². The molecule has 1 aromatic heterocycles. The van der Waals surface area contributed by atoms with Gasteiger partial charge in [0.2, 0.25) is 0 Å². The van der Waals surface area contributed by atoms with Crippen LogP contribution in [-0.2, 0) is 13.0 Å². The first-order valence-corrected chi connectivity index (χ1v) is 8.88. The van der Waals surface area contributed by atoms with Crippen molar-refractivity contribution in [3.05, 3.63) is 53.4 Å². The molecule has 1 fully saturated rings. The monoisotopic (exact) mass is 341 g/mol. The molecule has 1 aliphatic heterocycles. The Morgan fingerprint density at radius 3 is 2.68 bits per heavy atom. The Bertz CT molecular complexity index is 675. The Labute approximate surface area is 149 Å². The van der Waals surface area contributed by atoms with E-state index in [1.807, 2.05) is 13.1 Å². The van der Waals surface area contributed by atoms with Crippen molar-refractivity contribution >= 4 is 5.96 Å². The maximum Gasteiger partial charge on any atom is 0.193 e. The van der Waals surface area contributed by atoms with Gasteiger partial charge in [-0.3, -0.25) is 9.89 Å². The molecule has 0 radical (unpaired) electrons. The van der Waals surface area contributed by atoms with Gasteiger partial charge in [0.15, 0.2) is 5.96 Å². The molecule has 3 rings (SSSR count). The zero-order valence-corrected chi connectivity index (χ0v) is 15.1. The maximum absolute atomic E-state index is 4.91. The van der Waals surface area contributed by atoms with E-state index in [0.717, 1.165) is 57.3 Å². The number of aliphatic imine (C=N–C) groups is 1. The number of hydrogen-bond acceptors (Lipinski definition) is 4. The first kappa shape index (κ1) is 17.5. The van der Waals surface area contributed by atoms with Crippen molar-refractivity contribution in [3.63, 3.8) is 0 Å². The molecular weight excluding hydrogens is 314 g/mol. The quantitative estimate of drug-likeness (QED) is 0.665. The molecule has 0 saturated carbocycles. The lowest BCUT2D eigenvalue weighted by molar-refractivity contribution is 0.169. The van der Waals surface area contributed by atoms with E-state index in [1.165, 1.54) is 11.1 Å². The van der Waals surface area contributed by atoms with Crippen molar-refractivity contribution in [3.8, 4) is 0 Å². The van der Waals surface area contributed by atoms with Crippen LogP contribution < -0.4 is 5.32 Å². The Morgan fingerprint density at radius 1 is 1.20 bits per heavy atom. The van der Waals surface area contributed by atoms with Crippen LogP contribution in [0.4, 0.5) is 0 Å². The lowest BCUT2D eigenvalue weighted by Gasteiger charge is -2.36. The lowest BCUT2D eigenvalue weighted by Crippen LogP contribution is -2.52. The fourth-order valence-corrected chi connectivity index (χ4v) is 3.20. The molecule has 1 saturated heterocycles. The van der Waals surface area contributed by atoms with Gasteiger partial charge in [-0.1, -0.05) is 29.4 Å². The third-order valence-corrected chi connectivity index (χ3v) is 4.70. The summed E-state index contributed by atoms with van der Waals surface area (Å²) >= 11 is 0. The molecule has 1 N–H and O–H groups in total. The third kappa shape index (κ3) is 4.82. The highest BCUT2D eigenvalue weighted by Crippen LogP contribution is 2.09. The molecule has 0 amide bonds. The van der Waals surface area contributed by atoms with E-state index in [1.54, 1.807) is 6.26 Å². The van der Waals surface area contributed by atoms with Gasteiger partial charge in [-0.25, -0.2) is 0 Å². The number of nitrogens with one attached hydrogen (secondary N) is 1. The summed E-state index contributed by atoms with van der Waals surface area (Å²) in [4.78, 5) is 9.18. The summed E-state index contributed by atoms with van der Waals surface area (Å²) in [5.74, 6) is 0.995. The summed E-state index contributed by atoms with van der Waals surface area (Å²) in [7, 11) is 1.86. The van der Waals surface area contributed by atoms with Gasteiger partial charge < -0.3 is 14.7 Å². The molecule has 1 aromatic carbocycles. The topological polar surface area (TPSA) is 56.9 Å². The molecule has 134 valence electrons. The minimum Gasteiger partial charge on any atom is -0.364 e. The van der Waals surface area contributed by atoms with E-state index in [4.69, 9.17) is 4.52 Å². The summed E-state index contributed by atoms with van der Waals surface area (Å²) in [6, 6.07) is 10.5. The zero-order valence-electron chi connectivity index (χ0n) is 15.1. The van der Waals surface area contributed by atoms with Crippen molar-refractivity contribution in [2.45, 2.75) is 19.9 Å². The molecule has 0 bridgehead atoms. The van der Waals surface area contributed by atoms with Crippen LogP contribution in [0.2, 0.25) is 0 Å². The molecule has 2 heterocycles. The van der Waals surface area contributed by atoms with Crippen molar-refractivity contribution in [2.75, 3.05) is 39.8 Å². The smallest absolute Gasteiger partial charge is 0.193 e. The second-order valence-electron chi connectivity index (χ2n) is 6.40. The van der Waals surface area contributed by atoms with Crippen LogP contribution in [0.3, 0.4) is 0 Å². The second kappa shape index (κ2) is 8.67. The number of rotatable bonds is 5. The van der Waals surface area contributed by atoms with Gasteiger partial charge >= 0.3 is 0 Å². The van der Waals surface area contributed by atoms with E-state index >= 15 is 0 Å². The Balaban J connectivity index is 1.44. The van der Waals surface area contributed by atoms with Gasteiger partial charge in [0.1, 0.15) is 6.26 Å². The van der Waals surface area contributed by atoms with Crippen LogP contribution in [0.15, 0.2) is 46.1 Å². The normalized spacial score (nSPS) is 16.2. The first-order valence-electron chi connectivity index (χ1n) is 8.88. The van der Waals surface area contributed by atoms with Crippen molar-refractivity contribution < 1.29 is 4.52 Å². The Hall–Kier alpha value is -2.34. The number of hydrogen-bond donors (Lipinski definition) is 1. The van der Waals surface area contributed by atoms with Crippen LogP contribution in [0, 0.1) is 6.92 Å². The van der Waals surface area contributed by atoms with Crippen molar-refractivity contribution in [1.29, 1.82) is 0 Å². The number of benzene rings is 1. The van der Waals surface area contributed by atoms with Crippen molar-refractivity contribution in [2.24, 2.45) is 4.99 Å². The predicted octanol–water partition coefficient (Wildman–Crippen LogP) is 1.92. The fourth-order valence-electron chi connectivity index (χ4n) is 3.20. The number of aryl methyl sites for hydroxylation is 1.